The molecule has 7 nitrogen and oxygen atoms in total. The Balaban J connectivity index is 0.00000118. The Kier molecular flexibility index (Phi) is 9.65. The topological polar surface area (TPSA) is 88.8 Å². The highest BCUT2D eigenvalue weighted by Gasteiger charge is 2.58. The lowest BCUT2D eigenvalue weighted by molar-refractivity contribution is -0.256. The number of amides is 2. The summed E-state index contributed by atoms with van der Waals surface area (Å²) in [6.07, 6.45) is 2.30. The number of carbonyl (C=O) groups is 2. The van der Waals surface area contributed by atoms with Gasteiger partial charge in [0.1, 0.15) is 5.69 Å². The predicted octanol–water partition coefficient (Wildman–Crippen LogP) is 5.05. The summed E-state index contributed by atoms with van der Waals surface area (Å²) in [6.45, 7) is 3.15. The number of benzene rings is 1. The van der Waals surface area contributed by atoms with E-state index < -0.39 is 17.4 Å². The van der Waals surface area contributed by atoms with Crippen molar-refractivity contribution < 1.29 is 31.9 Å². The average molecular weight is 565 g/mol. The van der Waals surface area contributed by atoms with Gasteiger partial charge in [-0.25, -0.2) is 4.39 Å². The van der Waals surface area contributed by atoms with Crippen molar-refractivity contribution >= 4 is 12.3 Å². The van der Waals surface area contributed by atoms with Crippen LogP contribution < -0.4 is 10.5 Å². The van der Waals surface area contributed by atoms with Crippen molar-refractivity contribution in [3.8, 4) is 16.9 Å². The van der Waals surface area contributed by atoms with Gasteiger partial charge in [-0.3, -0.25) is 14.6 Å². The summed E-state index contributed by atoms with van der Waals surface area (Å²) in [7, 11) is 0. The smallest absolute Gasteiger partial charge is 0.395 e. The van der Waals surface area contributed by atoms with Gasteiger partial charge in [0.15, 0.2) is 11.6 Å². The fraction of sp³-hybridized carbons (Fsp3) is 0.552. The molecule has 0 unspecified atom stereocenters. The van der Waals surface area contributed by atoms with Crippen LogP contribution in [0.1, 0.15) is 55.4 Å². The Hall–Kier alpha value is -3.21. The summed E-state index contributed by atoms with van der Waals surface area (Å²) < 4.78 is 61.0. The third-order valence-electron chi connectivity index (χ3n) is 8.26. The molecule has 11 heteroatoms. The van der Waals surface area contributed by atoms with Gasteiger partial charge in [-0.15, -0.1) is 0 Å². The molecule has 1 aromatic carbocycles. The summed E-state index contributed by atoms with van der Waals surface area (Å²) in [6, 6.07) is 8.19. The summed E-state index contributed by atoms with van der Waals surface area (Å²) in [5, 5.41) is 0. The third kappa shape index (κ3) is 6.92. The first-order valence-corrected chi connectivity index (χ1v) is 13.8. The zero-order chi connectivity index (χ0) is 28.8. The number of aromatic nitrogens is 1. The first-order chi connectivity index (χ1) is 19.2. The maximum absolute atomic E-state index is 14.8. The number of halogens is 4. The molecule has 1 aliphatic carbocycles. The van der Waals surface area contributed by atoms with Crippen LogP contribution in [0.2, 0.25) is 0 Å². The van der Waals surface area contributed by atoms with Gasteiger partial charge in [-0.05, 0) is 81.3 Å². The molecule has 218 valence electrons. The number of piperidine rings is 1. The van der Waals surface area contributed by atoms with E-state index in [-0.39, 0.29) is 43.4 Å². The normalized spacial score (nSPS) is 19.4. The first-order valence-electron chi connectivity index (χ1n) is 13.8. The minimum atomic E-state index is -4.14. The lowest BCUT2D eigenvalue weighted by Crippen LogP contribution is -2.53. The monoisotopic (exact) mass is 564 g/mol. The molecule has 1 saturated carbocycles. The highest BCUT2D eigenvalue weighted by atomic mass is 19.4. The van der Waals surface area contributed by atoms with Gasteiger partial charge in [0, 0.05) is 31.4 Å². The molecule has 5 rings (SSSR count). The van der Waals surface area contributed by atoms with Crippen LogP contribution in [0, 0.1) is 17.2 Å². The molecule has 2 aromatic rings. The number of pyridine rings is 1. The van der Waals surface area contributed by atoms with Gasteiger partial charge >= 0.3 is 6.18 Å². The highest BCUT2D eigenvalue weighted by Crippen LogP contribution is 2.53. The second kappa shape index (κ2) is 13.0. The van der Waals surface area contributed by atoms with Crippen molar-refractivity contribution in [1.82, 2.24) is 14.8 Å². The Bertz CT molecular complexity index is 1140. The molecular formula is C29H36F4N4O3. The highest BCUT2D eigenvalue weighted by molar-refractivity contribution is 5.92. The predicted molar refractivity (Wildman–Crippen MR) is 142 cm³/mol. The van der Waals surface area contributed by atoms with Gasteiger partial charge in [0.2, 0.25) is 6.41 Å². The lowest BCUT2D eigenvalue weighted by atomic mass is 9.67. The molecule has 0 bridgehead atoms. The third-order valence-corrected chi connectivity index (χ3v) is 8.26. The number of rotatable bonds is 7. The molecular weight excluding hydrogens is 528 g/mol. The number of primary amides is 1. The van der Waals surface area contributed by atoms with E-state index in [1.807, 2.05) is 4.90 Å². The molecule has 3 heterocycles. The van der Waals surface area contributed by atoms with Crippen LogP contribution in [-0.2, 0) is 4.79 Å². The van der Waals surface area contributed by atoms with Crippen molar-refractivity contribution in [2.24, 2.45) is 17.1 Å². The van der Waals surface area contributed by atoms with Crippen molar-refractivity contribution in [2.45, 2.75) is 51.1 Å². The van der Waals surface area contributed by atoms with Crippen molar-refractivity contribution in [2.75, 3.05) is 39.3 Å². The Morgan fingerprint density at radius 1 is 1.05 bits per heavy atom. The largest absolute Gasteiger partial charge is 0.490 e. The quantitative estimate of drug-likeness (QED) is 0.376. The SMILES string of the molecule is NC=O.O=C(c1ccc(-c2ccc(OCC3CCN(CC4(C(F)(F)F)CCC4)CC3)c(F)c2)cn1)N1CCCC1. The van der Waals surface area contributed by atoms with E-state index in [0.29, 0.717) is 42.9 Å². The molecule has 2 N–H and O–H groups in total. The fourth-order valence-electron chi connectivity index (χ4n) is 5.65. The van der Waals surface area contributed by atoms with Crippen molar-refractivity contribution in [1.29, 1.82) is 0 Å². The number of alkyl halides is 3. The van der Waals surface area contributed by atoms with E-state index in [9.17, 15) is 22.4 Å². The summed E-state index contributed by atoms with van der Waals surface area (Å²) in [5.41, 5.74) is 4.37. The van der Waals surface area contributed by atoms with Crippen LogP contribution in [0.25, 0.3) is 11.1 Å². The van der Waals surface area contributed by atoms with Gasteiger partial charge in [-0.2, -0.15) is 13.2 Å². The minimum Gasteiger partial charge on any atom is -0.490 e. The number of hydrogen-bond acceptors (Lipinski definition) is 5. The van der Waals surface area contributed by atoms with E-state index in [4.69, 9.17) is 9.53 Å². The van der Waals surface area contributed by atoms with E-state index in [2.05, 4.69) is 10.7 Å². The zero-order valence-corrected chi connectivity index (χ0v) is 22.5. The number of likely N-dealkylation sites (tertiary alicyclic amines) is 2. The van der Waals surface area contributed by atoms with E-state index in [1.54, 1.807) is 35.4 Å². The van der Waals surface area contributed by atoms with Gasteiger partial charge < -0.3 is 20.3 Å². The molecule has 3 fully saturated rings. The van der Waals surface area contributed by atoms with Crippen LogP contribution >= 0.6 is 0 Å². The molecule has 2 saturated heterocycles. The van der Waals surface area contributed by atoms with E-state index in [0.717, 1.165) is 38.8 Å². The van der Waals surface area contributed by atoms with Crippen LogP contribution in [0.3, 0.4) is 0 Å². The first kappa shape index (κ1) is 29.8. The second-order valence-corrected chi connectivity index (χ2v) is 10.9. The minimum absolute atomic E-state index is 0.0762. The Morgan fingerprint density at radius 2 is 1.70 bits per heavy atom. The lowest BCUT2D eigenvalue weighted by Gasteiger charge is -2.47. The van der Waals surface area contributed by atoms with Crippen LogP contribution in [0.4, 0.5) is 17.6 Å². The zero-order valence-electron chi connectivity index (χ0n) is 22.5. The van der Waals surface area contributed by atoms with Gasteiger partial charge in [-0.1, -0.05) is 18.6 Å². The molecule has 3 aliphatic rings. The average Bonchev–Trinajstić information content (AvgIpc) is 3.45. The van der Waals surface area contributed by atoms with Crippen molar-refractivity contribution in [3.63, 3.8) is 0 Å². The van der Waals surface area contributed by atoms with Gasteiger partial charge in [0.05, 0.1) is 12.0 Å². The summed E-state index contributed by atoms with van der Waals surface area (Å²) >= 11 is 0. The van der Waals surface area contributed by atoms with Crippen LogP contribution in [0.15, 0.2) is 36.5 Å². The molecule has 2 amide bonds. The molecule has 1 aromatic heterocycles. The number of carbonyl (C=O) groups excluding carboxylic acids is 2. The maximum atomic E-state index is 14.8. The standard InChI is InChI=1S/C28H33F4N3O2.CH3NO/c29-23-16-21(22-4-6-24(33-17-22)26(36)35-12-1-2-13-35)5-7-25(23)37-18-20-8-14-34(15-9-20)19-27(10-3-11-27)28(30,31)32;2-1-3/h4-7,16-17,20H,1-3,8-15,18-19H2;1H,(H2,2,3). The van der Waals surface area contributed by atoms with Crippen LogP contribution in [0.5, 0.6) is 5.75 Å². The summed E-state index contributed by atoms with van der Waals surface area (Å²) in [5.74, 6) is -0.217. The second-order valence-electron chi connectivity index (χ2n) is 10.9. The number of hydrogen-bond donors (Lipinski definition) is 1. The van der Waals surface area contributed by atoms with Crippen LogP contribution in [-0.4, -0.2) is 72.6 Å². The molecule has 40 heavy (non-hydrogen) atoms. The molecule has 0 atom stereocenters. The van der Waals surface area contributed by atoms with Gasteiger partial charge in [0.25, 0.3) is 5.91 Å². The molecule has 0 spiro atoms. The Labute approximate surface area is 231 Å². The molecule has 2 aliphatic heterocycles. The number of nitrogens with two attached hydrogens (primary N) is 1. The fourth-order valence-corrected chi connectivity index (χ4v) is 5.65. The van der Waals surface area contributed by atoms with E-state index in [1.165, 1.54) is 6.07 Å². The maximum Gasteiger partial charge on any atom is 0.395 e. The van der Waals surface area contributed by atoms with Crippen molar-refractivity contribution in [3.05, 3.63) is 48.0 Å². The van der Waals surface area contributed by atoms with E-state index >= 15 is 0 Å². The number of ether oxygens (including phenoxy) is 1. The Morgan fingerprint density at radius 3 is 2.23 bits per heavy atom. The molecule has 0 radical (unpaired) electrons. The summed E-state index contributed by atoms with van der Waals surface area (Å²) in [4.78, 5) is 29.1. The number of nitrogens with zero attached hydrogens (tertiary/aromatic N) is 3.